The Morgan fingerprint density at radius 2 is 2.00 bits per heavy atom. The molecule has 4 nitrogen and oxygen atoms in total. The number of thioether (sulfide) groups is 1. The van der Waals surface area contributed by atoms with Crippen molar-refractivity contribution in [1.82, 2.24) is 4.98 Å². The van der Waals surface area contributed by atoms with Crippen LogP contribution in [0.15, 0.2) is 52.0 Å². The molecule has 1 amide bonds. The lowest BCUT2D eigenvalue weighted by atomic mass is 10.3. The number of nitrogens with one attached hydrogen (secondary N) is 1. The van der Waals surface area contributed by atoms with E-state index in [9.17, 15) is 4.79 Å². The number of amides is 1. The van der Waals surface area contributed by atoms with Gasteiger partial charge in [0.1, 0.15) is 5.82 Å². The van der Waals surface area contributed by atoms with Crippen LogP contribution in [0.3, 0.4) is 0 Å². The van der Waals surface area contributed by atoms with Crippen LogP contribution < -0.4 is 11.1 Å². The molecule has 2 rings (SSSR count). The van der Waals surface area contributed by atoms with Gasteiger partial charge in [0.15, 0.2) is 0 Å². The molecule has 0 spiro atoms. The Morgan fingerprint density at radius 3 is 2.63 bits per heavy atom. The van der Waals surface area contributed by atoms with Crippen molar-refractivity contribution in [2.45, 2.75) is 4.90 Å². The zero-order valence-electron chi connectivity index (χ0n) is 9.97. The van der Waals surface area contributed by atoms with E-state index in [1.165, 1.54) is 11.8 Å². The van der Waals surface area contributed by atoms with Gasteiger partial charge in [-0.25, -0.2) is 4.98 Å². The van der Waals surface area contributed by atoms with E-state index in [0.717, 1.165) is 9.37 Å². The number of pyridine rings is 1. The van der Waals surface area contributed by atoms with Crippen LogP contribution in [0.2, 0.25) is 0 Å². The molecule has 98 valence electrons. The van der Waals surface area contributed by atoms with Crippen molar-refractivity contribution in [1.29, 1.82) is 0 Å². The fraction of sp³-hybridized carbons (Fsp3) is 0.0769. The van der Waals surface area contributed by atoms with Gasteiger partial charge in [-0.1, -0.05) is 0 Å². The first-order valence-corrected chi connectivity index (χ1v) is 7.31. The number of halogens is 1. The first kappa shape index (κ1) is 13.9. The summed E-state index contributed by atoms with van der Waals surface area (Å²) in [6.07, 6.45) is 1.64. The fourth-order valence-corrected chi connectivity index (χ4v) is 2.27. The summed E-state index contributed by atoms with van der Waals surface area (Å²) in [5.74, 6) is 0.796. The van der Waals surface area contributed by atoms with Crippen LogP contribution in [0.4, 0.5) is 11.5 Å². The van der Waals surface area contributed by atoms with E-state index >= 15 is 0 Å². The standard InChI is InChI=1S/C13H12BrN3OS/c14-9-1-6-12(16-7-9)17-13(18)8-19-11-4-2-10(15)3-5-11/h1-7H,8,15H2,(H,16,17,18). The minimum Gasteiger partial charge on any atom is -0.399 e. The molecule has 1 aromatic carbocycles. The summed E-state index contributed by atoms with van der Waals surface area (Å²) < 4.78 is 0.877. The summed E-state index contributed by atoms with van der Waals surface area (Å²) in [4.78, 5) is 16.8. The molecule has 6 heteroatoms. The normalized spacial score (nSPS) is 10.2. The Bertz CT molecular complexity index is 557. The van der Waals surface area contributed by atoms with E-state index in [2.05, 4.69) is 26.2 Å². The molecular formula is C13H12BrN3OS. The summed E-state index contributed by atoms with van der Waals surface area (Å²) in [7, 11) is 0. The summed E-state index contributed by atoms with van der Waals surface area (Å²) in [6.45, 7) is 0. The van der Waals surface area contributed by atoms with Gasteiger partial charge >= 0.3 is 0 Å². The smallest absolute Gasteiger partial charge is 0.235 e. The lowest BCUT2D eigenvalue weighted by Gasteiger charge is -2.04. The van der Waals surface area contributed by atoms with Gasteiger partial charge in [0.2, 0.25) is 5.91 Å². The Kier molecular flexibility index (Phi) is 4.81. The number of benzene rings is 1. The van der Waals surface area contributed by atoms with Gasteiger partial charge in [-0.3, -0.25) is 4.79 Å². The zero-order valence-corrected chi connectivity index (χ0v) is 12.4. The quantitative estimate of drug-likeness (QED) is 0.664. The predicted molar refractivity (Wildman–Crippen MR) is 82.1 cm³/mol. The van der Waals surface area contributed by atoms with E-state index in [1.54, 1.807) is 12.3 Å². The third-order valence-corrected chi connectivity index (χ3v) is 3.73. The molecule has 0 saturated carbocycles. The highest BCUT2D eigenvalue weighted by atomic mass is 79.9. The molecule has 0 unspecified atom stereocenters. The van der Waals surface area contributed by atoms with Gasteiger partial charge < -0.3 is 11.1 Å². The van der Waals surface area contributed by atoms with Crippen LogP contribution in [-0.4, -0.2) is 16.6 Å². The Morgan fingerprint density at radius 1 is 1.26 bits per heavy atom. The monoisotopic (exact) mass is 337 g/mol. The van der Waals surface area contributed by atoms with Crippen LogP contribution in [0.5, 0.6) is 0 Å². The molecule has 0 aliphatic heterocycles. The maximum atomic E-state index is 11.7. The van der Waals surface area contributed by atoms with E-state index in [1.807, 2.05) is 30.3 Å². The molecule has 0 aliphatic rings. The Hall–Kier alpha value is -1.53. The number of hydrogen-bond acceptors (Lipinski definition) is 4. The van der Waals surface area contributed by atoms with E-state index in [-0.39, 0.29) is 5.91 Å². The summed E-state index contributed by atoms with van der Waals surface area (Å²) in [5.41, 5.74) is 6.31. The highest BCUT2D eigenvalue weighted by molar-refractivity contribution is 9.10. The number of nitrogens with zero attached hydrogens (tertiary/aromatic N) is 1. The lowest BCUT2D eigenvalue weighted by molar-refractivity contribution is -0.113. The van der Waals surface area contributed by atoms with E-state index in [4.69, 9.17) is 5.73 Å². The third kappa shape index (κ3) is 4.57. The van der Waals surface area contributed by atoms with Crippen molar-refractivity contribution >= 4 is 45.1 Å². The number of carbonyl (C=O) groups excluding carboxylic acids is 1. The molecule has 0 radical (unpaired) electrons. The van der Waals surface area contributed by atoms with E-state index in [0.29, 0.717) is 17.3 Å². The molecule has 0 aliphatic carbocycles. The first-order valence-electron chi connectivity index (χ1n) is 5.53. The largest absolute Gasteiger partial charge is 0.399 e. The van der Waals surface area contributed by atoms with Crippen molar-refractivity contribution < 1.29 is 4.79 Å². The Balaban J connectivity index is 1.84. The minimum atomic E-state index is -0.0864. The predicted octanol–water partition coefficient (Wildman–Crippen LogP) is 3.16. The highest BCUT2D eigenvalue weighted by Crippen LogP contribution is 2.19. The average molecular weight is 338 g/mol. The Labute approximate surface area is 123 Å². The summed E-state index contributed by atoms with van der Waals surface area (Å²) in [5, 5.41) is 2.73. The van der Waals surface area contributed by atoms with E-state index < -0.39 is 0 Å². The summed E-state index contributed by atoms with van der Waals surface area (Å²) >= 11 is 4.74. The molecule has 0 fully saturated rings. The van der Waals surface area contributed by atoms with Crippen LogP contribution in [0.1, 0.15) is 0 Å². The van der Waals surface area contributed by atoms with Crippen molar-refractivity contribution in [3.05, 3.63) is 47.1 Å². The second-order valence-electron chi connectivity index (χ2n) is 3.77. The number of nitrogens with two attached hydrogens (primary N) is 1. The van der Waals surface area contributed by atoms with Crippen LogP contribution >= 0.6 is 27.7 Å². The van der Waals surface area contributed by atoms with Gasteiger partial charge in [-0.05, 0) is 52.3 Å². The summed E-state index contributed by atoms with van der Waals surface area (Å²) in [6, 6.07) is 11.0. The zero-order chi connectivity index (χ0) is 13.7. The molecule has 0 atom stereocenters. The van der Waals surface area contributed by atoms with Crippen molar-refractivity contribution in [2.24, 2.45) is 0 Å². The van der Waals surface area contributed by atoms with Gasteiger partial charge in [0, 0.05) is 21.3 Å². The van der Waals surface area contributed by atoms with Crippen LogP contribution in [-0.2, 0) is 4.79 Å². The van der Waals surface area contributed by atoms with Crippen LogP contribution in [0, 0.1) is 0 Å². The maximum absolute atomic E-state index is 11.7. The molecule has 2 aromatic rings. The lowest BCUT2D eigenvalue weighted by Crippen LogP contribution is -2.14. The first-order chi connectivity index (χ1) is 9.13. The maximum Gasteiger partial charge on any atom is 0.235 e. The molecule has 19 heavy (non-hydrogen) atoms. The number of aromatic nitrogens is 1. The molecular weight excluding hydrogens is 326 g/mol. The number of carbonyl (C=O) groups is 1. The SMILES string of the molecule is Nc1ccc(SCC(=O)Nc2ccc(Br)cn2)cc1. The van der Waals surface area contributed by atoms with Crippen molar-refractivity contribution in [2.75, 3.05) is 16.8 Å². The minimum absolute atomic E-state index is 0.0864. The molecule has 1 heterocycles. The van der Waals surface area contributed by atoms with Gasteiger partial charge in [-0.2, -0.15) is 0 Å². The second-order valence-corrected chi connectivity index (χ2v) is 5.73. The number of nitrogen functional groups attached to an aromatic ring is 1. The number of rotatable bonds is 4. The average Bonchev–Trinajstić information content (AvgIpc) is 2.41. The van der Waals surface area contributed by atoms with Crippen LogP contribution in [0.25, 0.3) is 0 Å². The fourth-order valence-electron chi connectivity index (χ4n) is 1.34. The second kappa shape index (κ2) is 6.58. The van der Waals surface area contributed by atoms with Gasteiger partial charge in [0.05, 0.1) is 5.75 Å². The highest BCUT2D eigenvalue weighted by Gasteiger charge is 2.04. The number of anilines is 2. The van der Waals surface area contributed by atoms with Gasteiger partial charge in [0.25, 0.3) is 0 Å². The van der Waals surface area contributed by atoms with Gasteiger partial charge in [-0.15, -0.1) is 11.8 Å². The molecule has 0 saturated heterocycles. The topological polar surface area (TPSA) is 68.0 Å². The van der Waals surface area contributed by atoms with Crippen molar-refractivity contribution in [3.8, 4) is 0 Å². The third-order valence-electron chi connectivity index (χ3n) is 2.24. The molecule has 0 bridgehead atoms. The van der Waals surface area contributed by atoms with Crippen molar-refractivity contribution in [3.63, 3.8) is 0 Å². The molecule has 1 aromatic heterocycles. The number of hydrogen-bond donors (Lipinski definition) is 2. The molecule has 3 N–H and O–H groups in total.